The smallest absolute Gasteiger partial charge is 0.191 e. The largest absolute Gasteiger partial charge is 0.444 e. The van der Waals surface area contributed by atoms with Crippen LogP contribution in [0.3, 0.4) is 0 Å². The Bertz CT molecular complexity index is 418. The number of hydrogen-bond donors (Lipinski definition) is 1. The lowest BCUT2D eigenvalue weighted by atomic mass is 10.5. The third-order valence-corrected chi connectivity index (χ3v) is 1.90. The molecule has 0 atom stereocenters. The molecule has 2 heterocycles. The van der Waals surface area contributed by atoms with Crippen LogP contribution in [-0.4, -0.2) is 14.5 Å². The molecular formula is C9H12N4O. The molecular weight excluding hydrogens is 180 g/mol. The number of imidazole rings is 1. The molecule has 0 bridgehead atoms. The van der Waals surface area contributed by atoms with E-state index in [2.05, 4.69) is 9.97 Å². The van der Waals surface area contributed by atoms with Gasteiger partial charge in [-0.25, -0.2) is 9.97 Å². The molecule has 0 aliphatic carbocycles. The molecule has 0 aliphatic heterocycles. The van der Waals surface area contributed by atoms with Gasteiger partial charge in [0.05, 0.1) is 24.8 Å². The molecule has 0 radical (unpaired) electrons. The fourth-order valence-corrected chi connectivity index (χ4v) is 1.26. The maximum atomic E-state index is 5.45. The zero-order valence-corrected chi connectivity index (χ0v) is 7.97. The van der Waals surface area contributed by atoms with Gasteiger partial charge in [-0.2, -0.15) is 0 Å². The minimum Gasteiger partial charge on any atom is -0.444 e. The summed E-state index contributed by atoms with van der Waals surface area (Å²) in [4.78, 5) is 8.13. The van der Waals surface area contributed by atoms with Crippen LogP contribution in [0.2, 0.25) is 0 Å². The maximum Gasteiger partial charge on any atom is 0.191 e. The van der Waals surface area contributed by atoms with Crippen molar-refractivity contribution in [3.8, 4) is 0 Å². The Morgan fingerprint density at radius 2 is 2.36 bits per heavy atom. The van der Waals surface area contributed by atoms with E-state index in [1.807, 2.05) is 17.7 Å². The van der Waals surface area contributed by atoms with Gasteiger partial charge in [-0.3, -0.25) is 0 Å². The van der Waals surface area contributed by atoms with Crippen LogP contribution in [0.25, 0.3) is 0 Å². The maximum absolute atomic E-state index is 5.45. The number of aromatic nitrogens is 3. The predicted molar refractivity (Wildman–Crippen MR) is 50.5 cm³/mol. The first-order chi connectivity index (χ1) is 6.78. The summed E-state index contributed by atoms with van der Waals surface area (Å²) in [5, 5.41) is 0. The number of aryl methyl sites for hydroxylation is 1. The average Bonchev–Trinajstić information content (AvgIpc) is 2.76. The lowest BCUT2D eigenvalue weighted by molar-refractivity contribution is 0.462. The second-order valence-corrected chi connectivity index (χ2v) is 3.09. The average molecular weight is 192 g/mol. The molecule has 0 spiro atoms. The third-order valence-electron chi connectivity index (χ3n) is 1.90. The van der Waals surface area contributed by atoms with E-state index in [1.54, 1.807) is 12.5 Å². The lowest BCUT2D eigenvalue weighted by Gasteiger charge is -1.95. The van der Waals surface area contributed by atoms with E-state index in [0.29, 0.717) is 19.0 Å². The van der Waals surface area contributed by atoms with Gasteiger partial charge in [0.25, 0.3) is 0 Å². The molecule has 2 N–H and O–H groups in total. The fourth-order valence-electron chi connectivity index (χ4n) is 1.26. The van der Waals surface area contributed by atoms with Gasteiger partial charge in [0.2, 0.25) is 0 Å². The highest BCUT2D eigenvalue weighted by Gasteiger charge is 2.02. The third kappa shape index (κ3) is 1.82. The highest BCUT2D eigenvalue weighted by Crippen LogP contribution is 2.05. The molecule has 14 heavy (non-hydrogen) atoms. The van der Waals surface area contributed by atoms with E-state index < -0.39 is 0 Å². The molecule has 0 saturated heterocycles. The van der Waals surface area contributed by atoms with Crippen LogP contribution < -0.4 is 5.73 Å². The van der Waals surface area contributed by atoms with Gasteiger partial charge in [-0.1, -0.05) is 0 Å². The van der Waals surface area contributed by atoms with Gasteiger partial charge < -0.3 is 14.7 Å². The first-order valence-corrected chi connectivity index (χ1v) is 4.40. The van der Waals surface area contributed by atoms with Crippen LogP contribution in [0.5, 0.6) is 0 Å². The summed E-state index contributed by atoms with van der Waals surface area (Å²) in [6, 6.07) is 0. The van der Waals surface area contributed by atoms with Crippen molar-refractivity contribution in [3.05, 3.63) is 36.1 Å². The summed E-state index contributed by atoms with van der Waals surface area (Å²) in [6.07, 6.45) is 5.36. The molecule has 0 aliphatic rings. The lowest BCUT2D eigenvalue weighted by Crippen LogP contribution is -1.97. The molecule has 2 rings (SSSR count). The summed E-state index contributed by atoms with van der Waals surface area (Å²) >= 11 is 0. The molecule has 5 nitrogen and oxygen atoms in total. The minimum atomic E-state index is 0.461. The summed E-state index contributed by atoms with van der Waals surface area (Å²) < 4.78 is 7.26. The Morgan fingerprint density at radius 3 is 2.93 bits per heavy atom. The van der Waals surface area contributed by atoms with Crippen LogP contribution in [0.1, 0.15) is 17.3 Å². The van der Waals surface area contributed by atoms with Crippen molar-refractivity contribution in [3.63, 3.8) is 0 Å². The fraction of sp³-hybridized carbons (Fsp3) is 0.333. The number of rotatable bonds is 3. The highest BCUT2D eigenvalue weighted by atomic mass is 16.4. The van der Waals surface area contributed by atoms with Gasteiger partial charge in [0, 0.05) is 19.7 Å². The van der Waals surface area contributed by atoms with Crippen LogP contribution in [0.15, 0.2) is 23.1 Å². The standard InChI is InChI=1S/C9H12N4O/c1-7-11-3-9(14-7)5-13-4-8(2-10)12-6-13/h3-4,6H,2,5,10H2,1H3. The Balaban J connectivity index is 2.10. The van der Waals surface area contributed by atoms with Gasteiger partial charge in [0.15, 0.2) is 5.89 Å². The van der Waals surface area contributed by atoms with E-state index in [4.69, 9.17) is 10.2 Å². The van der Waals surface area contributed by atoms with E-state index in [1.165, 1.54) is 0 Å². The zero-order chi connectivity index (χ0) is 9.97. The van der Waals surface area contributed by atoms with Crippen LogP contribution in [0, 0.1) is 6.92 Å². The summed E-state index contributed by atoms with van der Waals surface area (Å²) in [5.41, 5.74) is 6.33. The zero-order valence-electron chi connectivity index (χ0n) is 7.97. The molecule has 5 heteroatoms. The quantitative estimate of drug-likeness (QED) is 0.776. The molecule has 0 unspecified atom stereocenters. The van der Waals surface area contributed by atoms with E-state index in [0.717, 1.165) is 11.5 Å². The Hall–Kier alpha value is -1.62. The molecule has 0 amide bonds. The predicted octanol–water partition coefficient (Wildman–Crippen LogP) is 0.687. The van der Waals surface area contributed by atoms with E-state index >= 15 is 0 Å². The summed E-state index contributed by atoms with van der Waals surface area (Å²) in [7, 11) is 0. The van der Waals surface area contributed by atoms with Gasteiger partial charge >= 0.3 is 0 Å². The Labute approximate surface area is 81.6 Å². The van der Waals surface area contributed by atoms with Crippen LogP contribution in [0.4, 0.5) is 0 Å². The second-order valence-electron chi connectivity index (χ2n) is 3.09. The van der Waals surface area contributed by atoms with Crippen molar-refractivity contribution in [1.82, 2.24) is 14.5 Å². The molecule has 2 aromatic heterocycles. The van der Waals surface area contributed by atoms with E-state index in [-0.39, 0.29) is 0 Å². The van der Waals surface area contributed by atoms with Crippen molar-refractivity contribution >= 4 is 0 Å². The number of hydrogen-bond acceptors (Lipinski definition) is 4. The van der Waals surface area contributed by atoms with Crippen molar-refractivity contribution < 1.29 is 4.42 Å². The van der Waals surface area contributed by atoms with Crippen molar-refractivity contribution in [2.24, 2.45) is 5.73 Å². The van der Waals surface area contributed by atoms with Crippen molar-refractivity contribution in [2.75, 3.05) is 0 Å². The monoisotopic (exact) mass is 192 g/mol. The summed E-state index contributed by atoms with van der Waals surface area (Å²) in [6.45, 7) is 2.93. The molecule has 2 aromatic rings. The number of nitrogens with two attached hydrogens (primary N) is 1. The van der Waals surface area contributed by atoms with Crippen LogP contribution in [-0.2, 0) is 13.1 Å². The first-order valence-electron chi connectivity index (χ1n) is 4.40. The topological polar surface area (TPSA) is 69.9 Å². The first kappa shape index (κ1) is 8.96. The molecule has 0 aromatic carbocycles. The molecule has 74 valence electrons. The van der Waals surface area contributed by atoms with Crippen molar-refractivity contribution in [2.45, 2.75) is 20.0 Å². The van der Waals surface area contributed by atoms with Gasteiger partial charge in [-0.05, 0) is 0 Å². The SMILES string of the molecule is Cc1ncc(Cn2cnc(CN)c2)o1. The number of oxazole rings is 1. The van der Waals surface area contributed by atoms with Crippen molar-refractivity contribution in [1.29, 1.82) is 0 Å². The normalized spacial score (nSPS) is 10.7. The summed E-state index contributed by atoms with van der Waals surface area (Å²) in [5.74, 6) is 1.50. The highest BCUT2D eigenvalue weighted by molar-refractivity contribution is 5.00. The number of nitrogens with zero attached hydrogens (tertiary/aromatic N) is 3. The Morgan fingerprint density at radius 1 is 1.50 bits per heavy atom. The molecule has 0 fully saturated rings. The molecule has 0 saturated carbocycles. The van der Waals surface area contributed by atoms with Gasteiger partial charge in [0.1, 0.15) is 5.76 Å². The second kappa shape index (κ2) is 3.63. The Kier molecular flexibility index (Phi) is 2.32. The van der Waals surface area contributed by atoms with Gasteiger partial charge in [-0.15, -0.1) is 0 Å². The van der Waals surface area contributed by atoms with Crippen LogP contribution >= 0.6 is 0 Å². The van der Waals surface area contributed by atoms with E-state index in [9.17, 15) is 0 Å². The minimum absolute atomic E-state index is 0.461.